The maximum Gasteiger partial charge on any atom is 0.161 e. The first-order valence-electron chi connectivity index (χ1n) is 6.10. The van der Waals surface area contributed by atoms with Gasteiger partial charge in [-0.05, 0) is 18.2 Å². The van der Waals surface area contributed by atoms with Gasteiger partial charge >= 0.3 is 0 Å². The van der Waals surface area contributed by atoms with Crippen LogP contribution in [0.15, 0.2) is 42.7 Å². The second-order valence-electron chi connectivity index (χ2n) is 4.49. The highest BCUT2D eigenvalue weighted by Gasteiger charge is 2.11. The zero-order chi connectivity index (χ0) is 15.0. The van der Waals surface area contributed by atoms with Gasteiger partial charge in [-0.25, -0.2) is 13.2 Å². The SMILES string of the molecule is Nc1ccc(Nc2cc(F)c(F)cc2F)c2ccncc12. The van der Waals surface area contributed by atoms with Crippen molar-refractivity contribution >= 4 is 27.8 Å². The Kier molecular flexibility index (Phi) is 3.13. The van der Waals surface area contributed by atoms with Crippen molar-refractivity contribution in [3.8, 4) is 0 Å². The molecule has 106 valence electrons. The van der Waals surface area contributed by atoms with E-state index < -0.39 is 17.5 Å². The van der Waals surface area contributed by atoms with Crippen molar-refractivity contribution < 1.29 is 13.2 Å². The molecule has 0 unspecified atom stereocenters. The van der Waals surface area contributed by atoms with Crippen LogP contribution in [-0.4, -0.2) is 4.98 Å². The van der Waals surface area contributed by atoms with E-state index in [2.05, 4.69) is 10.3 Å². The number of hydrogen-bond donors (Lipinski definition) is 2. The number of nitrogens with zero attached hydrogens (tertiary/aromatic N) is 1. The molecule has 0 spiro atoms. The number of aromatic nitrogens is 1. The first-order chi connectivity index (χ1) is 10.1. The van der Waals surface area contributed by atoms with Crippen molar-refractivity contribution in [3.05, 3.63) is 60.2 Å². The first-order valence-corrected chi connectivity index (χ1v) is 6.10. The maximum atomic E-state index is 13.7. The quantitative estimate of drug-likeness (QED) is 0.554. The lowest BCUT2D eigenvalue weighted by Crippen LogP contribution is -1.99. The van der Waals surface area contributed by atoms with Crippen LogP contribution in [0.25, 0.3) is 10.8 Å². The van der Waals surface area contributed by atoms with Gasteiger partial charge in [-0.3, -0.25) is 4.98 Å². The molecule has 0 atom stereocenters. The largest absolute Gasteiger partial charge is 0.398 e. The van der Waals surface area contributed by atoms with E-state index >= 15 is 0 Å². The Morgan fingerprint density at radius 2 is 1.62 bits per heavy atom. The van der Waals surface area contributed by atoms with Gasteiger partial charge in [-0.2, -0.15) is 0 Å². The van der Waals surface area contributed by atoms with E-state index in [0.717, 1.165) is 6.07 Å². The topological polar surface area (TPSA) is 50.9 Å². The maximum absolute atomic E-state index is 13.7. The Bertz CT molecular complexity index is 834. The van der Waals surface area contributed by atoms with Crippen LogP contribution in [0.2, 0.25) is 0 Å². The van der Waals surface area contributed by atoms with Gasteiger partial charge in [0.15, 0.2) is 11.6 Å². The third-order valence-electron chi connectivity index (χ3n) is 3.13. The van der Waals surface area contributed by atoms with E-state index in [0.29, 0.717) is 28.2 Å². The fourth-order valence-electron chi connectivity index (χ4n) is 2.08. The molecule has 1 heterocycles. The molecule has 0 saturated heterocycles. The minimum atomic E-state index is -1.23. The van der Waals surface area contributed by atoms with Crippen molar-refractivity contribution in [1.82, 2.24) is 4.98 Å². The summed E-state index contributed by atoms with van der Waals surface area (Å²) in [5.74, 6) is -3.24. The summed E-state index contributed by atoms with van der Waals surface area (Å²) in [5.41, 5.74) is 6.73. The first kappa shape index (κ1) is 13.2. The van der Waals surface area contributed by atoms with Gasteiger partial charge in [-0.1, -0.05) is 0 Å². The third kappa shape index (κ3) is 2.35. The lowest BCUT2D eigenvalue weighted by molar-refractivity contribution is 0.496. The Labute approximate surface area is 118 Å². The van der Waals surface area contributed by atoms with Crippen LogP contribution < -0.4 is 11.1 Å². The van der Waals surface area contributed by atoms with Crippen LogP contribution in [0.5, 0.6) is 0 Å². The van der Waals surface area contributed by atoms with Gasteiger partial charge in [0.2, 0.25) is 0 Å². The number of pyridine rings is 1. The van der Waals surface area contributed by atoms with E-state index in [1.165, 1.54) is 0 Å². The van der Waals surface area contributed by atoms with Crippen LogP contribution in [-0.2, 0) is 0 Å². The number of hydrogen-bond acceptors (Lipinski definition) is 3. The second-order valence-corrected chi connectivity index (χ2v) is 4.49. The van der Waals surface area contributed by atoms with E-state index in [1.54, 1.807) is 30.6 Å². The van der Waals surface area contributed by atoms with Crippen LogP contribution in [0.1, 0.15) is 0 Å². The molecule has 0 aliphatic heterocycles. The smallest absolute Gasteiger partial charge is 0.161 e. The van der Waals surface area contributed by atoms with Gasteiger partial charge in [0, 0.05) is 46.7 Å². The van der Waals surface area contributed by atoms with Gasteiger partial charge in [-0.15, -0.1) is 0 Å². The van der Waals surface area contributed by atoms with Crippen molar-refractivity contribution in [2.24, 2.45) is 0 Å². The summed E-state index contributed by atoms with van der Waals surface area (Å²) in [5, 5.41) is 4.13. The van der Waals surface area contributed by atoms with E-state index in [1.807, 2.05) is 0 Å². The van der Waals surface area contributed by atoms with Crippen LogP contribution >= 0.6 is 0 Å². The molecule has 0 amide bonds. The van der Waals surface area contributed by atoms with Crippen LogP contribution in [0, 0.1) is 17.5 Å². The molecule has 6 heteroatoms. The second kappa shape index (κ2) is 4.97. The molecule has 0 aliphatic carbocycles. The zero-order valence-electron chi connectivity index (χ0n) is 10.7. The van der Waals surface area contributed by atoms with E-state index in [4.69, 9.17) is 5.73 Å². The Hall–Kier alpha value is -2.76. The zero-order valence-corrected chi connectivity index (χ0v) is 10.7. The molecule has 0 saturated carbocycles. The third-order valence-corrected chi connectivity index (χ3v) is 3.13. The number of benzene rings is 2. The van der Waals surface area contributed by atoms with Crippen molar-refractivity contribution in [2.75, 3.05) is 11.1 Å². The Morgan fingerprint density at radius 1 is 0.857 bits per heavy atom. The summed E-state index contributed by atoms with van der Waals surface area (Å²) in [4.78, 5) is 3.97. The summed E-state index contributed by atoms with van der Waals surface area (Å²) in [6.07, 6.45) is 3.14. The number of halogens is 3. The predicted octanol–water partition coefficient (Wildman–Crippen LogP) is 3.98. The highest BCUT2D eigenvalue weighted by molar-refractivity contribution is 6.01. The highest BCUT2D eigenvalue weighted by atomic mass is 19.2. The number of nitrogens with two attached hydrogens (primary N) is 1. The fourth-order valence-corrected chi connectivity index (χ4v) is 2.08. The summed E-state index contributed by atoms with van der Waals surface area (Å²) in [6.45, 7) is 0. The highest BCUT2D eigenvalue weighted by Crippen LogP contribution is 2.31. The molecule has 0 radical (unpaired) electrons. The monoisotopic (exact) mass is 289 g/mol. The van der Waals surface area contributed by atoms with Crippen molar-refractivity contribution in [1.29, 1.82) is 0 Å². The standard InChI is InChI=1S/C15H10F3N3/c16-10-5-12(18)15(6-11(10)17)21-14-2-1-13(19)9-7-20-4-3-8(9)14/h1-7,21H,19H2. The summed E-state index contributed by atoms with van der Waals surface area (Å²) in [6, 6.07) is 6.24. The average molecular weight is 289 g/mol. The normalized spacial score (nSPS) is 10.8. The molecular formula is C15H10F3N3. The number of fused-ring (bicyclic) bond motifs is 1. The molecule has 0 aliphatic rings. The molecule has 1 aromatic heterocycles. The van der Waals surface area contributed by atoms with Gasteiger partial charge in [0.05, 0.1) is 5.69 Å². The number of anilines is 3. The Balaban J connectivity index is 2.11. The lowest BCUT2D eigenvalue weighted by Gasteiger charge is -2.12. The van der Waals surface area contributed by atoms with Gasteiger partial charge in [0.25, 0.3) is 0 Å². The lowest BCUT2D eigenvalue weighted by atomic mass is 10.1. The molecule has 3 rings (SSSR count). The van der Waals surface area contributed by atoms with Gasteiger partial charge < -0.3 is 11.1 Å². The predicted molar refractivity (Wildman–Crippen MR) is 75.8 cm³/mol. The Morgan fingerprint density at radius 3 is 2.43 bits per heavy atom. The minimum absolute atomic E-state index is 0.156. The molecule has 21 heavy (non-hydrogen) atoms. The molecule has 2 aromatic carbocycles. The summed E-state index contributed by atoms with van der Waals surface area (Å²) >= 11 is 0. The molecule has 3 N–H and O–H groups in total. The molecular weight excluding hydrogens is 279 g/mol. The van der Waals surface area contributed by atoms with Crippen LogP contribution in [0.4, 0.5) is 30.2 Å². The van der Waals surface area contributed by atoms with Crippen molar-refractivity contribution in [2.45, 2.75) is 0 Å². The van der Waals surface area contributed by atoms with Gasteiger partial charge in [0.1, 0.15) is 5.82 Å². The summed E-state index contributed by atoms with van der Waals surface area (Å²) < 4.78 is 39.9. The van der Waals surface area contributed by atoms with E-state index in [9.17, 15) is 13.2 Å². The fraction of sp³-hybridized carbons (Fsp3) is 0. The number of nitrogen functional groups attached to an aromatic ring is 1. The number of rotatable bonds is 2. The van der Waals surface area contributed by atoms with Crippen LogP contribution in [0.3, 0.4) is 0 Å². The molecule has 3 aromatic rings. The summed E-state index contributed by atoms with van der Waals surface area (Å²) in [7, 11) is 0. The average Bonchev–Trinajstić information content (AvgIpc) is 2.48. The number of nitrogens with one attached hydrogen (secondary N) is 1. The molecule has 0 fully saturated rings. The molecule has 0 bridgehead atoms. The molecule has 3 nitrogen and oxygen atoms in total. The minimum Gasteiger partial charge on any atom is -0.398 e. The van der Waals surface area contributed by atoms with E-state index in [-0.39, 0.29) is 5.69 Å². The van der Waals surface area contributed by atoms with Crippen molar-refractivity contribution in [3.63, 3.8) is 0 Å².